The van der Waals surface area contributed by atoms with E-state index < -0.39 is 0 Å². The molecular weight excluding hydrogens is 422 g/mol. The fourth-order valence-electron chi connectivity index (χ4n) is 2.48. The first-order chi connectivity index (χ1) is 13.3. The number of hydrogen-bond donors (Lipinski definition) is 2. The summed E-state index contributed by atoms with van der Waals surface area (Å²) in [4.78, 5) is 26.8. The van der Waals surface area contributed by atoms with Crippen LogP contribution in [0.1, 0.15) is 23.7 Å². The van der Waals surface area contributed by atoms with E-state index in [9.17, 15) is 9.59 Å². The topological polar surface area (TPSA) is 70.7 Å². The second kappa shape index (κ2) is 10.8. The Morgan fingerprint density at radius 1 is 1.11 bits per heavy atom. The van der Waals surface area contributed by atoms with Crippen molar-refractivity contribution in [1.82, 2.24) is 10.2 Å². The van der Waals surface area contributed by atoms with Crippen LogP contribution in [0, 0.1) is 0 Å². The van der Waals surface area contributed by atoms with Gasteiger partial charge in [0.1, 0.15) is 5.75 Å². The normalized spacial score (nSPS) is 11.8. The molecule has 0 aliphatic rings. The number of halogens is 1. The van der Waals surface area contributed by atoms with Crippen molar-refractivity contribution in [3.8, 4) is 5.75 Å². The molecule has 2 N–H and O–H groups in total. The Morgan fingerprint density at radius 3 is 2.46 bits per heavy atom. The molecule has 0 saturated carbocycles. The zero-order chi connectivity index (χ0) is 20.5. The fraction of sp³-hybridized carbons (Fsp3) is 0.333. The molecule has 28 heavy (non-hydrogen) atoms. The summed E-state index contributed by atoms with van der Waals surface area (Å²) in [5.41, 5.74) is 1.09. The number of ether oxygens (including phenoxy) is 1. The maximum Gasteiger partial charge on any atom is 0.262 e. The van der Waals surface area contributed by atoms with Crippen LogP contribution < -0.4 is 15.4 Å². The Morgan fingerprint density at radius 2 is 1.79 bits per heavy atom. The summed E-state index contributed by atoms with van der Waals surface area (Å²) in [6, 6.07) is 14.2. The van der Waals surface area contributed by atoms with E-state index in [2.05, 4.69) is 31.5 Å². The van der Waals surface area contributed by atoms with E-state index in [4.69, 9.17) is 4.74 Å². The molecule has 6 nitrogen and oxygen atoms in total. The SMILES string of the molecule is CC(CCN(C)C)NC(=O)c1ccccc1OCC(=O)Nc1ccc(Br)cc1. The van der Waals surface area contributed by atoms with Crippen LogP contribution in [0.25, 0.3) is 0 Å². The molecule has 1 unspecified atom stereocenters. The van der Waals surface area contributed by atoms with Crippen molar-refractivity contribution in [3.05, 3.63) is 58.6 Å². The van der Waals surface area contributed by atoms with E-state index in [0.717, 1.165) is 17.4 Å². The number of nitrogens with one attached hydrogen (secondary N) is 2. The second-order valence-electron chi connectivity index (χ2n) is 6.81. The standard InChI is InChI=1S/C21H26BrN3O3/c1-15(12-13-25(2)3)23-21(27)18-6-4-5-7-19(18)28-14-20(26)24-17-10-8-16(22)9-11-17/h4-11,15H,12-14H2,1-3H3,(H,23,27)(H,24,26). The van der Waals surface area contributed by atoms with Gasteiger partial charge in [0.05, 0.1) is 5.56 Å². The molecule has 0 bridgehead atoms. The summed E-state index contributed by atoms with van der Waals surface area (Å²) in [7, 11) is 3.99. The van der Waals surface area contributed by atoms with Crippen molar-refractivity contribution < 1.29 is 14.3 Å². The predicted molar refractivity (Wildman–Crippen MR) is 115 cm³/mol. The van der Waals surface area contributed by atoms with Gasteiger partial charge in [-0.2, -0.15) is 0 Å². The molecule has 2 amide bonds. The summed E-state index contributed by atoms with van der Waals surface area (Å²) >= 11 is 3.35. The van der Waals surface area contributed by atoms with E-state index in [-0.39, 0.29) is 24.5 Å². The van der Waals surface area contributed by atoms with Crippen molar-refractivity contribution in [2.45, 2.75) is 19.4 Å². The monoisotopic (exact) mass is 447 g/mol. The van der Waals surface area contributed by atoms with Gasteiger partial charge in [-0.15, -0.1) is 0 Å². The first-order valence-electron chi connectivity index (χ1n) is 9.08. The lowest BCUT2D eigenvalue weighted by Gasteiger charge is -2.18. The largest absolute Gasteiger partial charge is 0.483 e. The average Bonchev–Trinajstić information content (AvgIpc) is 2.66. The first kappa shape index (κ1) is 21.9. The minimum Gasteiger partial charge on any atom is -0.483 e. The highest BCUT2D eigenvalue weighted by Gasteiger charge is 2.15. The van der Waals surface area contributed by atoms with Gasteiger partial charge in [-0.05, 0) is 70.4 Å². The summed E-state index contributed by atoms with van der Waals surface area (Å²) < 4.78 is 6.54. The highest BCUT2D eigenvalue weighted by atomic mass is 79.9. The van der Waals surface area contributed by atoms with E-state index >= 15 is 0 Å². The Labute approximate surface area is 174 Å². The number of carbonyl (C=O) groups is 2. The third kappa shape index (κ3) is 7.32. The molecule has 0 fully saturated rings. The highest BCUT2D eigenvalue weighted by Crippen LogP contribution is 2.19. The number of carbonyl (C=O) groups excluding carboxylic acids is 2. The van der Waals surface area contributed by atoms with Crippen LogP contribution >= 0.6 is 15.9 Å². The maximum atomic E-state index is 12.6. The lowest BCUT2D eigenvalue weighted by atomic mass is 10.1. The smallest absolute Gasteiger partial charge is 0.262 e. The number of rotatable bonds is 9. The van der Waals surface area contributed by atoms with Gasteiger partial charge in [0, 0.05) is 16.2 Å². The summed E-state index contributed by atoms with van der Waals surface area (Å²) in [5, 5.41) is 5.73. The summed E-state index contributed by atoms with van der Waals surface area (Å²) in [5.74, 6) is -0.127. The van der Waals surface area contributed by atoms with E-state index in [0.29, 0.717) is 17.0 Å². The molecule has 1 atom stereocenters. The van der Waals surface area contributed by atoms with E-state index in [1.807, 2.05) is 33.2 Å². The van der Waals surface area contributed by atoms with Gasteiger partial charge in [0.15, 0.2) is 6.61 Å². The Hall–Kier alpha value is -2.38. The highest BCUT2D eigenvalue weighted by molar-refractivity contribution is 9.10. The van der Waals surface area contributed by atoms with Crippen molar-refractivity contribution in [2.24, 2.45) is 0 Å². The van der Waals surface area contributed by atoms with Gasteiger partial charge >= 0.3 is 0 Å². The quantitative estimate of drug-likeness (QED) is 0.616. The van der Waals surface area contributed by atoms with E-state index in [1.165, 1.54) is 0 Å². The van der Waals surface area contributed by atoms with Crippen molar-refractivity contribution >= 4 is 33.4 Å². The molecule has 0 heterocycles. The number of benzene rings is 2. The third-order valence-corrected chi connectivity index (χ3v) is 4.53. The minimum absolute atomic E-state index is 0.0312. The Balaban J connectivity index is 1.92. The number of amides is 2. The second-order valence-corrected chi connectivity index (χ2v) is 7.72. The van der Waals surface area contributed by atoms with Crippen LogP contribution in [-0.4, -0.2) is 50.0 Å². The minimum atomic E-state index is -0.295. The Bertz CT molecular complexity index is 794. The van der Waals surface area contributed by atoms with Gasteiger partial charge in [-0.1, -0.05) is 28.1 Å². The summed E-state index contributed by atoms with van der Waals surface area (Å²) in [6.07, 6.45) is 0.845. The van der Waals surface area contributed by atoms with Gasteiger partial charge in [-0.3, -0.25) is 9.59 Å². The van der Waals surface area contributed by atoms with Gasteiger partial charge in [-0.25, -0.2) is 0 Å². The number of anilines is 1. The predicted octanol–water partition coefficient (Wildman–Crippen LogP) is 3.54. The maximum absolute atomic E-state index is 12.6. The summed E-state index contributed by atoms with van der Waals surface area (Å²) in [6.45, 7) is 2.67. The van der Waals surface area contributed by atoms with Crippen molar-refractivity contribution in [3.63, 3.8) is 0 Å². The molecule has 7 heteroatoms. The zero-order valence-corrected chi connectivity index (χ0v) is 18.0. The molecule has 0 spiro atoms. The number of nitrogens with zero attached hydrogens (tertiary/aromatic N) is 1. The van der Waals surface area contributed by atoms with Crippen molar-refractivity contribution in [2.75, 3.05) is 32.6 Å². The number of hydrogen-bond acceptors (Lipinski definition) is 4. The fourth-order valence-corrected chi connectivity index (χ4v) is 2.74. The van der Waals surface area contributed by atoms with Crippen LogP contribution in [0.5, 0.6) is 5.75 Å². The van der Waals surface area contributed by atoms with Gasteiger partial charge in [0.25, 0.3) is 11.8 Å². The zero-order valence-electron chi connectivity index (χ0n) is 16.4. The molecule has 2 aromatic rings. The average molecular weight is 448 g/mol. The molecule has 0 radical (unpaired) electrons. The number of para-hydroxylation sites is 1. The van der Waals surface area contributed by atoms with Crippen LogP contribution in [0.15, 0.2) is 53.0 Å². The lowest BCUT2D eigenvalue weighted by Crippen LogP contribution is -2.35. The molecule has 0 aromatic heterocycles. The van der Waals surface area contributed by atoms with Gasteiger partial charge < -0.3 is 20.3 Å². The first-order valence-corrected chi connectivity index (χ1v) is 9.87. The molecule has 0 aliphatic carbocycles. The van der Waals surface area contributed by atoms with E-state index in [1.54, 1.807) is 36.4 Å². The van der Waals surface area contributed by atoms with Crippen LogP contribution in [0.4, 0.5) is 5.69 Å². The molecule has 0 saturated heterocycles. The van der Waals surface area contributed by atoms with Crippen LogP contribution in [0.3, 0.4) is 0 Å². The molecule has 150 valence electrons. The molecule has 2 rings (SSSR count). The molecule has 2 aromatic carbocycles. The molecular formula is C21H26BrN3O3. The lowest BCUT2D eigenvalue weighted by molar-refractivity contribution is -0.118. The third-order valence-electron chi connectivity index (χ3n) is 4.01. The molecule has 0 aliphatic heterocycles. The van der Waals surface area contributed by atoms with Crippen LogP contribution in [0.2, 0.25) is 0 Å². The van der Waals surface area contributed by atoms with Gasteiger partial charge in [0.2, 0.25) is 0 Å². The van der Waals surface area contributed by atoms with Crippen molar-refractivity contribution in [1.29, 1.82) is 0 Å². The Kier molecular flexibility index (Phi) is 8.47. The van der Waals surface area contributed by atoms with Crippen LogP contribution in [-0.2, 0) is 4.79 Å².